The van der Waals surface area contributed by atoms with Crippen LogP contribution >= 0.6 is 0 Å². The average molecular weight is 252 g/mol. The molecule has 18 heavy (non-hydrogen) atoms. The summed E-state index contributed by atoms with van der Waals surface area (Å²) in [5.41, 5.74) is 0. The van der Waals surface area contributed by atoms with E-state index in [1.807, 2.05) is 0 Å². The molecule has 0 saturated heterocycles. The minimum absolute atomic E-state index is 0.427. The second-order valence-electron chi connectivity index (χ2n) is 6.89. The van der Waals surface area contributed by atoms with Crippen molar-refractivity contribution in [3.63, 3.8) is 0 Å². The summed E-state index contributed by atoms with van der Waals surface area (Å²) in [5.74, 6) is 3.71. The van der Waals surface area contributed by atoms with E-state index in [4.69, 9.17) is 0 Å². The van der Waals surface area contributed by atoms with Crippen LogP contribution in [0.15, 0.2) is 0 Å². The largest absolute Gasteiger partial charge is 0.396 e. The van der Waals surface area contributed by atoms with Gasteiger partial charge in [0, 0.05) is 6.61 Å². The van der Waals surface area contributed by atoms with Gasteiger partial charge in [0.1, 0.15) is 0 Å². The van der Waals surface area contributed by atoms with Crippen LogP contribution in [-0.2, 0) is 0 Å². The SMILES string of the molecule is CCCCC1CCC(C2CCC(CO)CC2)CC1. The summed E-state index contributed by atoms with van der Waals surface area (Å²) in [6, 6.07) is 0. The molecule has 1 nitrogen and oxygen atoms in total. The van der Waals surface area contributed by atoms with Crippen LogP contribution in [0.5, 0.6) is 0 Å². The van der Waals surface area contributed by atoms with E-state index >= 15 is 0 Å². The van der Waals surface area contributed by atoms with Crippen molar-refractivity contribution in [2.24, 2.45) is 23.7 Å². The first-order valence-electron chi connectivity index (χ1n) is 8.44. The predicted octanol–water partition coefficient (Wildman–Crippen LogP) is 4.78. The molecule has 2 aliphatic carbocycles. The van der Waals surface area contributed by atoms with Crippen LogP contribution < -0.4 is 0 Å². The van der Waals surface area contributed by atoms with Crippen LogP contribution in [-0.4, -0.2) is 11.7 Å². The lowest BCUT2D eigenvalue weighted by molar-refractivity contribution is 0.115. The lowest BCUT2D eigenvalue weighted by atomic mass is 9.69. The molecule has 106 valence electrons. The van der Waals surface area contributed by atoms with Gasteiger partial charge in [-0.05, 0) is 62.2 Å². The van der Waals surface area contributed by atoms with E-state index in [1.165, 1.54) is 70.6 Å². The number of aliphatic hydroxyl groups excluding tert-OH is 1. The Morgan fingerprint density at radius 3 is 1.72 bits per heavy atom. The first-order valence-corrected chi connectivity index (χ1v) is 8.44. The predicted molar refractivity (Wildman–Crippen MR) is 77.5 cm³/mol. The number of unbranched alkanes of at least 4 members (excludes halogenated alkanes) is 1. The van der Waals surface area contributed by atoms with Crippen LogP contribution in [0, 0.1) is 23.7 Å². The van der Waals surface area contributed by atoms with Crippen molar-refractivity contribution < 1.29 is 5.11 Å². The van der Waals surface area contributed by atoms with Crippen LogP contribution in [0.4, 0.5) is 0 Å². The van der Waals surface area contributed by atoms with E-state index in [0.29, 0.717) is 12.5 Å². The summed E-state index contributed by atoms with van der Waals surface area (Å²) in [7, 11) is 0. The van der Waals surface area contributed by atoms with E-state index in [-0.39, 0.29) is 0 Å². The smallest absolute Gasteiger partial charge is 0.0459 e. The summed E-state index contributed by atoms with van der Waals surface area (Å²) in [6.45, 7) is 2.74. The third-order valence-electron chi connectivity index (χ3n) is 5.67. The molecule has 0 atom stereocenters. The molecule has 0 aromatic carbocycles. The molecule has 0 aromatic rings. The van der Waals surface area contributed by atoms with E-state index < -0.39 is 0 Å². The zero-order valence-electron chi connectivity index (χ0n) is 12.2. The van der Waals surface area contributed by atoms with Gasteiger partial charge in [-0.2, -0.15) is 0 Å². The minimum Gasteiger partial charge on any atom is -0.396 e. The first-order chi connectivity index (χ1) is 8.83. The molecule has 0 radical (unpaired) electrons. The molecule has 2 fully saturated rings. The maximum atomic E-state index is 9.20. The van der Waals surface area contributed by atoms with Crippen molar-refractivity contribution in [1.82, 2.24) is 0 Å². The summed E-state index contributed by atoms with van der Waals surface area (Å²) >= 11 is 0. The Labute approximate surface area is 113 Å². The lowest BCUT2D eigenvalue weighted by Gasteiger charge is -2.37. The van der Waals surface area contributed by atoms with Crippen molar-refractivity contribution in [2.75, 3.05) is 6.61 Å². The molecule has 2 saturated carbocycles. The molecule has 0 amide bonds. The fraction of sp³-hybridized carbons (Fsp3) is 1.00. The fourth-order valence-corrected chi connectivity index (χ4v) is 4.28. The highest BCUT2D eigenvalue weighted by Crippen LogP contribution is 2.42. The third-order valence-corrected chi connectivity index (χ3v) is 5.67. The van der Waals surface area contributed by atoms with Gasteiger partial charge in [0.25, 0.3) is 0 Å². The molecule has 1 N–H and O–H groups in total. The van der Waals surface area contributed by atoms with Crippen LogP contribution in [0.1, 0.15) is 77.6 Å². The van der Waals surface area contributed by atoms with E-state index in [9.17, 15) is 5.11 Å². The van der Waals surface area contributed by atoms with Crippen molar-refractivity contribution in [2.45, 2.75) is 77.6 Å². The Bertz CT molecular complexity index is 210. The number of hydrogen-bond acceptors (Lipinski definition) is 1. The van der Waals surface area contributed by atoms with Crippen LogP contribution in [0.25, 0.3) is 0 Å². The van der Waals surface area contributed by atoms with Crippen molar-refractivity contribution in [1.29, 1.82) is 0 Å². The van der Waals surface area contributed by atoms with E-state index in [2.05, 4.69) is 6.92 Å². The topological polar surface area (TPSA) is 20.2 Å². The van der Waals surface area contributed by atoms with Crippen molar-refractivity contribution in [3.8, 4) is 0 Å². The summed E-state index contributed by atoms with van der Waals surface area (Å²) in [4.78, 5) is 0. The van der Waals surface area contributed by atoms with Crippen LogP contribution in [0.3, 0.4) is 0 Å². The zero-order valence-corrected chi connectivity index (χ0v) is 12.2. The van der Waals surface area contributed by atoms with E-state index in [1.54, 1.807) is 0 Å². The second kappa shape index (κ2) is 7.53. The van der Waals surface area contributed by atoms with Gasteiger partial charge in [0.15, 0.2) is 0 Å². The Morgan fingerprint density at radius 1 is 0.778 bits per heavy atom. The van der Waals surface area contributed by atoms with Gasteiger partial charge in [0.2, 0.25) is 0 Å². The molecule has 0 aliphatic heterocycles. The minimum atomic E-state index is 0.427. The quantitative estimate of drug-likeness (QED) is 0.746. The molecule has 1 heteroatoms. The lowest BCUT2D eigenvalue weighted by Crippen LogP contribution is -2.26. The molecule has 2 aliphatic rings. The molecule has 0 aromatic heterocycles. The zero-order chi connectivity index (χ0) is 12.8. The Hall–Kier alpha value is -0.0400. The Morgan fingerprint density at radius 2 is 1.28 bits per heavy atom. The Balaban J connectivity index is 1.67. The summed E-state index contributed by atoms with van der Waals surface area (Å²) in [6.07, 6.45) is 15.7. The normalized spacial score (nSPS) is 37.7. The third kappa shape index (κ3) is 3.98. The molecular weight excluding hydrogens is 220 g/mol. The molecule has 0 heterocycles. The monoisotopic (exact) mass is 252 g/mol. The van der Waals surface area contributed by atoms with Crippen molar-refractivity contribution in [3.05, 3.63) is 0 Å². The number of rotatable bonds is 5. The number of aliphatic hydroxyl groups is 1. The maximum Gasteiger partial charge on any atom is 0.0459 e. The van der Waals surface area contributed by atoms with Crippen LogP contribution in [0.2, 0.25) is 0 Å². The van der Waals surface area contributed by atoms with Crippen molar-refractivity contribution >= 4 is 0 Å². The summed E-state index contributed by atoms with van der Waals surface area (Å²) < 4.78 is 0. The molecule has 0 unspecified atom stereocenters. The van der Waals surface area contributed by atoms with Gasteiger partial charge in [-0.25, -0.2) is 0 Å². The molecule has 2 rings (SSSR count). The standard InChI is InChI=1S/C17H32O/c1-2-3-4-14-5-9-16(10-6-14)17-11-7-15(13-18)8-12-17/h14-18H,2-13H2,1H3. The Kier molecular flexibility index (Phi) is 6.01. The highest BCUT2D eigenvalue weighted by molar-refractivity contribution is 4.81. The first kappa shape index (κ1) is 14.4. The van der Waals surface area contributed by atoms with E-state index in [0.717, 1.165) is 17.8 Å². The van der Waals surface area contributed by atoms with Gasteiger partial charge < -0.3 is 5.11 Å². The van der Waals surface area contributed by atoms with Gasteiger partial charge in [-0.3, -0.25) is 0 Å². The highest BCUT2D eigenvalue weighted by atomic mass is 16.3. The maximum absolute atomic E-state index is 9.20. The van der Waals surface area contributed by atoms with Gasteiger partial charge >= 0.3 is 0 Å². The van der Waals surface area contributed by atoms with Gasteiger partial charge in [-0.1, -0.05) is 39.0 Å². The fourth-order valence-electron chi connectivity index (χ4n) is 4.28. The summed E-state index contributed by atoms with van der Waals surface area (Å²) in [5, 5.41) is 9.20. The van der Waals surface area contributed by atoms with Gasteiger partial charge in [0.05, 0.1) is 0 Å². The average Bonchev–Trinajstić information content (AvgIpc) is 2.46. The molecule has 0 bridgehead atoms. The number of hydrogen-bond donors (Lipinski definition) is 1. The van der Waals surface area contributed by atoms with Gasteiger partial charge in [-0.15, -0.1) is 0 Å². The molecule has 0 spiro atoms. The molecular formula is C17H32O. The highest BCUT2D eigenvalue weighted by Gasteiger charge is 2.30. The second-order valence-corrected chi connectivity index (χ2v) is 6.89.